The van der Waals surface area contributed by atoms with E-state index in [1.165, 1.54) is 6.07 Å². The van der Waals surface area contributed by atoms with E-state index >= 15 is 0 Å². The first kappa shape index (κ1) is 13.2. The Kier molecular flexibility index (Phi) is 3.92. The van der Waals surface area contributed by atoms with Crippen LogP contribution in [0.1, 0.15) is 5.56 Å². The number of anilines is 2. The van der Waals surface area contributed by atoms with Gasteiger partial charge in [0.15, 0.2) is 0 Å². The maximum absolute atomic E-state index is 11.8. The van der Waals surface area contributed by atoms with Crippen LogP contribution in [0.15, 0.2) is 42.5 Å². The van der Waals surface area contributed by atoms with Crippen molar-refractivity contribution in [3.8, 4) is 5.75 Å². The third-order valence-corrected chi connectivity index (χ3v) is 2.81. The molecule has 0 aliphatic carbocycles. The largest absolute Gasteiger partial charge is 0.508 e. The van der Waals surface area contributed by atoms with Gasteiger partial charge in [-0.3, -0.25) is 0 Å². The molecule has 0 atom stereocenters. The van der Waals surface area contributed by atoms with E-state index in [0.717, 1.165) is 5.56 Å². The van der Waals surface area contributed by atoms with Crippen molar-refractivity contribution in [3.05, 3.63) is 53.1 Å². The van der Waals surface area contributed by atoms with Gasteiger partial charge in [-0.05, 0) is 55.0 Å². The van der Waals surface area contributed by atoms with Gasteiger partial charge in [-0.2, -0.15) is 0 Å². The summed E-state index contributed by atoms with van der Waals surface area (Å²) in [5.41, 5.74) is 2.08. The average Bonchev–Trinajstić information content (AvgIpc) is 2.36. The molecule has 0 aliphatic heterocycles. The summed E-state index contributed by atoms with van der Waals surface area (Å²) in [4.78, 5) is 11.8. The predicted octanol–water partition coefficient (Wildman–Crippen LogP) is 4.00. The Balaban J connectivity index is 2.03. The number of halogens is 1. The lowest BCUT2D eigenvalue weighted by Crippen LogP contribution is -2.19. The molecule has 3 N–H and O–H groups in total. The van der Waals surface area contributed by atoms with Crippen molar-refractivity contribution in [2.24, 2.45) is 0 Å². The van der Waals surface area contributed by atoms with Crippen LogP contribution in [0.25, 0.3) is 0 Å². The summed E-state index contributed by atoms with van der Waals surface area (Å²) in [7, 11) is 0. The third kappa shape index (κ3) is 3.63. The van der Waals surface area contributed by atoms with Gasteiger partial charge in [-0.1, -0.05) is 11.6 Å². The van der Waals surface area contributed by atoms with Crippen molar-refractivity contribution < 1.29 is 9.90 Å². The summed E-state index contributed by atoms with van der Waals surface area (Å²) in [5, 5.41) is 15.3. The molecular weight excluding hydrogens is 264 g/mol. The van der Waals surface area contributed by atoms with E-state index in [0.29, 0.717) is 16.4 Å². The van der Waals surface area contributed by atoms with E-state index in [9.17, 15) is 9.90 Å². The van der Waals surface area contributed by atoms with Crippen molar-refractivity contribution in [3.63, 3.8) is 0 Å². The zero-order valence-corrected chi connectivity index (χ0v) is 11.0. The normalized spacial score (nSPS) is 10.0. The van der Waals surface area contributed by atoms with E-state index in [1.54, 1.807) is 43.3 Å². The topological polar surface area (TPSA) is 61.4 Å². The Morgan fingerprint density at radius 2 is 1.79 bits per heavy atom. The lowest BCUT2D eigenvalue weighted by atomic mass is 10.2. The molecule has 19 heavy (non-hydrogen) atoms. The molecule has 0 bridgehead atoms. The van der Waals surface area contributed by atoms with Gasteiger partial charge in [0.25, 0.3) is 0 Å². The van der Waals surface area contributed by atoms with Gasteiger partial charge in [0.1, 0.15) is 5.75 Å². The van der Waals surface area contributed by atoms with Gasteiger partial charge in [-0.15, -0.1) is 0 Å². The highest BCUT2D eigenvalue weighted by molar-refractivity contribution is 6.30. The molecule has 0 saturated heterocycles. The highest BCUT2D eigenvalue weighted by Gasteiger charge is 2.05. The molecule has 4 nitrogen and oxygen atoms in total. The van der Waals surface area contributed by atoms with Crippen LogP contribution in [0, 0.1) is 6.92 Å². The standard InChI is InChI=1S/C14H13ClN2O2/c1-9-8-12(18)6-7-13(9)17-14(19)16-11-4-2-10(15)3-5-11/h2-8,18H,1H3,(H2,16,17,19). The van der Waals surface area contributed by atoms with Crippen molar-refractivity contribution in [1.82, 2.24) is 0 Å². The highest BCUT2D eigenvalue weighted by Crippen LogP contribution is 2.20. The molecule has 0 heterocycles. The van der Waals surface area contributed by atoms with E-state index in [4.69, 9.17) is 11.6 Å². The fraction of sp³-hybridized carbons (Fsp3) is 0.0714. The van der Waals surface area contributed by atoms with E-state index in [2.05, 4.69) is 10.6 Å². The van der Waals surface area contributed by atoms with Gasteiger partial charge in [0.2, 0.25) is 0 Å². The summed E-state index contributed by atoms with van der Waals surface area (Å²) < 4.78 is 0. The summed E-state index contributed by atoms with van der Waals surface area (Å²) in [6.45, 7) is 1.80. The first-order valence-electron chi connectivity index (χ1n) is 5.68. The van der Waals surface area contributed by atoms with Crippen molar-refractivity contribution in [2.75, 3.05) is 10.6 Å². The first-order chi connectivity index (χ1) is 9.04. The number of nitrogens with one attached hydrogen (secondary N) is 2. The zero-order valence-electron chi connectivity index (χ0n) is 10.3. The molecule has 2 rings (SSSR count). The van der Waals surface area contributed by atoms with E-state index < -0.39 is 0 Å². The van der Waals surface area contributed by atoms with Crippen LogP contribution in [0.5, 0.6) is 5.75 Å². The maximum atomic E-state index is 11.8. The number of phenolic OH excluding ortho intramolecular Hbond substituents is 1. The Hall–Kier alpha value is -2.20. The molecule has 98 valence electrons. The van der Waals surface area contributed by atoms with Crippen LogP contribution in [0.2, 0.25) is 5.02 Å². The van der Waals surface area contributed by atoms with Gasteiger partial charge >= 0.3 is 6.03 Å². The number of benzene rings is 2. The Labute approximate surface area is 116 Å². The minimum Gasteiger partial charge on any atom is -0.508 e. The second-order valence-electron chi connectivity index (χ2n) is 4.09. The van der Waals surface area contributed by atoms with Crippen LogP contribution < -0.4 is 10.6 Å². The molecular formula is C14H13ClN2O2. The second-order valence-corrected chi connectivity index (χ2v) is 4.52. The Bertz CT molecular complexity index is 597. The third-order valence-electron chi connectivity index (χ3n) is 2.56. The molecule has 0 fully saturated rings. The highest BCUT2D eigenvalue weighted by atomic mass is 35.5. The van der Waals surface area contributed by atoms with E-state index in [-0.39, 0.29) is 11.8 Å². The number of aryl methyl sites for hydroxylation is 1. The van der Waals surface area contributed by atoms with E-state index in [1.807, 2.05) is 0 Å². The molecule has 2 aromatic carbocycles. The van der Waals surface area contributed by atoms with Crippen molar-refractivity contribution >= 4 is 29.0 Å². The van der Waals surface area contributed by atoms with Crippen LogP contribution >= 0.6 is 11.6 Å². The summed E-state index contributed by atoms with van der Waals surface area (Å²) in [6, 6.07) is 11.2. The number of amides is 2. The lowest BCUT2D eigenvalue weighted by molar-refractivity contribution is 0.262. The van der Waals surface area contributed by atoms with Gasteiger partial charge in [-0.25, -0.2) is 4.79 Å². The van der Waals surface area contributed by atoms with Crippen LogP contribution in [0.4, 0.5) is 16.2 Å². The fourth-order valence-corrected chi connectivity index (χ4v) is 1.73. The number of phenols is 1. The molecule has 0 radical (unpaired) electrons. The van der Waals surface area contributed by atoms with Crippen LogP contribution in [0.3, 0.4) is 0 Å². The number of rotatable bonds is 2. The zero-order chi connectivity index (χ0) is 13.8. The quantitative estimate of drug-likeness (QED) is 0.726. The van der Waals surface area contributed by atoms with Crippen LogP contribution in [-0.4, -0.2) is 11.1 Å². The Morgan fingerprint density at radius 3 is 2.42 bits per heavy atom. The molecule has 2 aromatic rings. The number of carbonyl (C=O) groups excluding carboxylic acids is 1. The fourth-order valence-electron chi connectivity index (χ4n) is 1.61. The molecule has 5 heteroatoms. The number of carbonyl (C=O) groups is 1. The van der Waals surface area contributed by atoms with Gasteiger partial charge in [0.05, 0.1) is 0 Å². The minimum absolute atomic E-state index is 0.168. The first-order valence-corrected chi connectivity index (χ1v) is 6.05. The van der Waals surface area contributed by atoms with Crippen molar-refractivity contribution in [1.29, 1.82) is 0 Å². The molecule has 2 amide bonds. The van der Waals surface area contributed by atoms with Gasteiger partial charge in [0, 0.05) is 16.4 Å². The number of aromatic hydroxyl groups is 1. The molecule has 0 aromatic heterocycles. The summed E-state index contributed by atoms with van der Waals surface area (Å²) in [5.74, 6) is 0.168. The monoisotopic (exact) mass is 276 g/mol. The van der Waals surface area contributed by atoms with Gasteiger partial charge < -0.3 is 15.7 Å². The molecule has 0 aliphatic rings. The SMILES string of the molecule is Cc1cc(O)ccc1NC(=O)Nc1ccc(Cl)cc1. The van der Waals surface area contributed by atoms with Crippen molar-refractivity contribution in [2.45, 2.75) is 6.92 Å². The Morgan fingerprint density at radius 1 is 1.11 bits per heavy atom. The predicted molar refractivity (Wildman–Crippen MR) is 76.9 cm³/mol. The number of urea groups is 1. The minimum atomic E-state index is -0.351. The van der Waals surface area contributed by atoms with Crippen LogP contribution in [-0.2, 0) is 0 Å². The summed E-state index contributed by atoms with van der Waals surface area (Å²) in [6.07, 6.45) is 0. The average molecular weight is 277 g/mol. The molecule has 0 spiro atoms. The maximum Gasteiger partial charge on any atom is 0.323 e. The molecule has 0 unspecified atom stereocenters. The number of hydrogen-bond acceptors (Lipinski definition) is 2. The second kappa shape index (κ2) is 5.63. The summed E-state index contributed by atoms with van der Waals surface area (Å²) >= 11 is 5.76. The number of hydrogen-bond donors (Lipinski definition) is 3. The lowest BCUT2D eigenvalue weighted by Gasteiger charge is -2.10. The smallest absolute Gasteiger partial charge is 0.323 e. The molecule has 0 saturated carbocycles.